The highest BCUT2D eigenvalue weighted by Crippen LogP contribution is 2.30. The van der Waals surface area contributed by atoms with E-state index in [0.717, 1.165) is 0 Å². The summed E-state index contributed by atoms with van der Waals surface area (Å²) >= 11 is 0. The normalized spacial score (nSPS) is 24.1. The van der Waals surface area contributed by atoms with Crippen LogP contribution in [0.2, 0.25) is 0 Å². The molecule has 7 nitrogen and oxygen atoms in total. The average Bonchev–Trinajstić information content (AvgIpc) is 3.37. The SMILES string of the molecule is Cc1ccc(S(N)(=O)=O)cc1C(=O)N[C@@H]1CCOC[C@H]1OCC1CC1. The predicted octanol–water partition coefficient (Wildman–Crippen LogP) is 0.956. The second-order valence-electron chi connectivity index (χ2n) is 6.78. The Bertz CT molecular complexity index is 745. The van der Waals surface area contributed by atoms with Crippen molar-refractivity contribution in [3.05, 3.63) is 29.3 Å². The minimum absolute atomic E-state index is 0.0724. The maximum absolute atomic E-state index is 12.7. The van der Waals surface area contributed by atoms with Crippen molar-refractivity contribution >= 4 is 15.9 Å². The zero-order valence-corrected chi connectivity index (χ0v) is 15.1. The van der Waals surface area contributed by atoms with Gasteiger partial charge in [0.2, 0.25) is 10.0 Å². The van der Waals surface area contributed by atoms with Crippen molar-refractivity contribution in [2.24, 2.45) is 11.1 Å². The fourth-order valence-corrected chi connectivity index (χ4v) is 3.39. The quantitative estimate of drug-likeness (QED) is 0.777. The van der Waals surface area contributed by atoms with Crippen molar-refractivity contribution in [1.29, 1.82) is 0 Å². The smallest absolute Gasteiger partial charge is 0.251 e. The Morgan fingerprint density at radius 3 is 2.80 bits per heavy atom. The van der Waals surface area contributed by atoms with Crippen molar-refractivity contribution < 1.29 is 22.7 Å². The second-order valence-corrected chi connectivity index (χ2v) is 8.34. The monoisotopic (exact) mass is 368 g/mol. The summed E-state index contributed by atoms with van der Waals surface area (Å²) < 4.78 is 34.4. The molecule has 0 radical (unpaired) electrons. The Balaban J connectivity index is 1.71. The molecule has 8 heteroatoms. The fourth-order valence-electron chi connectivity index (χ4n) is 2.85. The zero-order chi connectivity index (χ0) is 18.0. The number of primary sulfonamides is 1. The van der Waals surface area contributed by atoms with Crippen molar-refractivity contribution in [2.75, 3.05) is 19.8 Å². The Labute approximate surface area is 147 Å². The van der Waals surface area contributed by atoms with E-state index in [1.165, 1.54) is 25.0 Å². The molecule has 2 aliphatic rings. The van der Waals surface area contributed by atoms with E-state index in [1.54, 1.807) is 13.0 Å². The second kappa shape index (κ2) is 7.41. The van der Waals surface area contributed by atoms with Crippen LogP contribution in [0.3, 0.4) is 0 Å². The summed E-state index contributed by atoms with van der Waals surface area (Å²) in [6.07, 6.45) is 2.88. The number of nitrogens with two attached hydrogens (primary N) is 1. The molecule has 138 valence electrons. The maximum Gasteiger partial charge on any atom is 0.251 e. The average molecular weight is 368 g/mol. The summed E-state index contributed by atoms with van der Waals surface area (Å²) in [6.45, 7) is 3.46. The molecule has 3 N–H and O–H groups in total. The third kappa shape index (κ3) is 4.78. The molecule has 25 heavy (non-hydrogen) atoms. The first-order valence-electron chi connectivity index (χ1n) is 8.48. The topological polar surface area (TPSA) is 108 Å². The molecular weight excluding hydrogens is 344 g/mol. The van der Waals surface area contributed by atoms with E-state index >= 15 is 0 Å². The van der Waals surface area contributed by atoms with Crippen LogP contribution in [0, 0.1) is 12.8 Å². The van der Waals surface area contributed by atoms with Gasteiger partial charge in [0, 0.05) is 18.8 Å². The minimum atomic E-state index is -3.86. The van der Waals surface area contributed by atoms with Crippen LogP contribution in [0.25, 0.3) is 0 Å². The molecule has 1 saturated carbocycles. The summed E-state index contributed by atoms with van der Waals surface area (Å²) in [7, 11) is -3.86. The maximum atomic E-state index is 12.7. The molecular formula is C17H24N2O5S. The molecule has 0 unspecified atom stereocenters. The van der Waals surface area contributed by atoms with Crippen LogP contribution in [0.1, 0.15) is 35.2 Å². The Hall–Kier alpha value is -1.48. The van der Waals surface area contributed by atoms with Crippen LogP contribution < -0.4 is 10.5 Å². The standard InChI is InChI=1S/C17H24N2O5S/c1-11-2-5-13(25(18,21)22)8-14(11)17(20)19-15-6-7-23-10-16(15)24-9-12-3-4-12/h2,5,8,12,15-16H,3-4,6-7,9-10H2,1H3,(H,19,20)(H2,18,21,22)/t15-,16-/m1/s1. The van der Waals surface area contributed by atoms with Crippen molar-refractivity contribution in [2.45, 2.75) is 43.2 Å². The first-order valence-corrected chi connectivity index (χ1v) is 10.0. The number of carbonyl (C=O) groups is 1. The summed E-state index contributed by atoms with van der Waals surface area (Å²) in [5.41, 5.74) is 0.992. The number of hydrogen-bond donors (Lipinski definition) is 2. The van der Waals surface area contributed by atoms with Crippen LogP contribution in [-0.4, -0.2) is 46.3 Å². The first kappa shape index (κ1) is 18.3. The number of hydrogen-bond acceptors (Lipinski definition) is 5. The van der Waals surface area contributed by atoms with E-state index in [4.69, 9.17) is 14.6 Å². The molecule has 0 aromatic heterocycles. The van der Waals surface area contributed by atoms with Gasteiger partial charge in [-0.1, -0.05) is 6.07 Å². The molecule has 1 aromatic carbocycles. The third-order valence-corrected chi connectivity index (χ3v) is 5.56. The van der Waals surface area contributed by atoms with Gasteiger partial charge < -0.3 is 14.8 Å². The van der Waals surface area contributed by atoms with Crippen LogP contribution in [0.5, 0.6) is 0 Å². The van der Waals surface area contributed by atoms with E-state index in [0.29, 0.717) is 43.3 Å². The molecule has 0 spiro atoms. The van der Waals surface area contributed by atoms with Gasteiger partial charge in [-0.15, -0.1) is 0 Å². The third-order valence-electron chi connectivity index (χ3n) is 4.65. The van der Waals surface area contributed by atoms with E-state index in [1.807, 2.05) is 0 Å². The summed E-state index contributed by atoms with van der Waals surface area (Å²) in [5, 5.41) is 8.13. The lowest BCUT2D eigenvalue weighted by atomic mass is 10.0. The van der Waals surface area contributed by atoms with Crippen LogP contribution in [0.4, 0.5) is 0 Å². The number of amides is 1. The predicted molar refractivity (Wildman–Crippen MR) is 91.7 cm³/mol. The number of nitrogens with one attached hydrogen (secondary N) is 1. The van der Waals surface area contributed by atoms with Gasteiger partial charge >= 0.3 is 0 Å². The molecule has 2 fully saturated rings. The molecule has 0 bridgehead atoms. The summed E-state index contributed by atoms with van der Waals surface area (Å²) in [5.74, 6) is 0.307. The van der Waals surface area contributed by atoms with Crippen LogP contribution in [0.15, 0.2) is 23.1 Å². The fraction of sp³-hybridized carbons (Fsp3) is 0.588. The lowest BCUT2D eigenvalue weighted by Crippen LogP contribution is -2.50. The molecule has 1 saturated heterocycles. The lowest BCUT2D eigenvalue weighted by Gasteiger charge is -2.32. The number of benzene rings is 1. The van der Waals surface area contributed by atoms with Gasteiger partial charge in [-0.05, 0) is 49.8 Å². The molecule has 3 rings (SSSR count). The Morgan fingerprint density at radius 1 is 1.36 bits per heavy atom. The van der Waals surface area contributed by atoms with Crippen LogP contribution >= 0.6 is 0 Å². The molecule has 2 atom stereocenters. The van der Waals surface area contributed by atoms with Gasteiger partial charge in [-0.3, -0.25) is 4.79 Å². The van der Waals surface area contributed by atoms with Gasteiger partial charge in [0.15, 0.2) is 0 Å². The first-order chi connectivity index (χ1) is 11.8. The Kier molecular flexibility index (Phi) is 5.43. The van der Waals surface area contributed by atoms with E-state index in [9.17, 15) is 13.2 Å². The van der Waals surface area contributed by atoms with Crippen molar-refractivity contribution in [3.8, 4) is 0 Å². The molecule has 1 aliphatic heterocycles. The highest BCUT2D eigenvalue weighted by Gasteiger charge is 2.31. The highest BCUT2D eigenvalue weighted by molar-refractivity contribution is 7.89. The molecule has 1 aromatic rings. The van der Waals surface area contributed by atoms with E-state index < -0.39 is 10.0 Å². The van der Waals surface area contributed by atoms with Gasteiger partial charge in [-0.2, -0.15) is 0 Å². The Morgan fingerprint density at radius 2 is 2.12 bits per heavy atom. The van der Waals surface area contributed by atoms with E-state index in [-0.39, 0.29) is 22.9 Å². The molecule has 1 aliphatic carbocycles. The molecule has 1 amide bonds. The van der Waals surface area contributed by atoms with E-state index in [2.05, 4.69) is 5.32 Å². The van der Waals surface area contributed by atoms with Gasteiger partial charge in [0.25, 0.3) is 5.91 Å². The van der Waals surface area contributed by atoms with Gasteiger partial charge in [-0.25, -0.2) is 13.6 Å². The van der Waals surface area contributed by atoms with Gasteiger partial charge in [0.1, 0.15) is 6.10 Å². The number of carbonyl (C=O) groups excluding carboxylic acids is 1. The molecule has 1 heterocycles. The number of rotatable bonds is 6. The zero-order valence-electron chi connectivity index (χ0n) is 14.2. The lowest BCUT2D eigenvalue weighted by molar-refractivity contribution is -0.0697. The number of sulfonamides is 1. The number of aryl methyl sites for hydroxylation is 1. The van der Waals surface area contributed by atoms with Crippen molar-refractivity contribution in [3.63, 3.8) is 0 Å². The van der Waals surface area contributed by atoms with Crippen molar-refractivity contribution in [1.82, 2.24) is 5.32 Å². The largest absolute Gasteiger partial charge is 0.379 e. The van der Waals surface area contributed by atoms with Crippen LogP contribution in [-0.2, 0) is 19.5 Å². The summed E-state index contributed by atoms with van der Waals surface area (Å²) in [4.78, 5) is 12.6. The summed E-state index contributed by atoms with van der Waals surface area (Å²) in [6, 6.07) is 4.15. The highest BCUT2D eigenvalue weighted by atomic mass is 32.2. The van der Waals surface area contributed by atoms with Gasteiger partial charge in [0.05, 0.1) is 17.5 Å². The number of ether oxygens (including phenoxy) is 2. The minimum Gasteiger partial charge on any atom is -0.379 e.